The zero-order chi connectivity index (χ0) is 12.9. The standard InChI is InChI=1S/C10H17N3O3S/c1-11-9-4-3-6-13(9)10(14)8-12-5-7-17(2,15)16/h9,12H,3-8H2,2H3/t9-/m0/s1. The van der Waals surface area contributed by atoms with E-state index in [1.165, 1.54) is 0 Å². The van der Waals surface area contributed by atoms with Crippen molar-refractivity contribution in [3.63, 3.8) is 0 Å². The largest absolute Gasteiger partial charge is 0.307 e. The molecule has 1 aliphatic rings. The van der Waals surface area contributed by atoms with E-state index in [4.69, 9.17) is 6.57 Å². The minimum absolute atomic E-state index is 0.0204. The highest BCUT2D eigenvalue weighted by Gasteiger charge is 2.32. The molecule has 17 heavy (non-hydrogen) atoms. The van der Waals surface area contributed by atoms with Crippen LogP contribution in [0.3, 0.4) is 0 Å². The summed E-state index contributed by atoms with van der Waals surface area (Å²) < 4.78 is 21.7. The Hall–Kier alpha value is -1.13. The first kappa shape index (κ1) is 13.9. The molecule has 0 spiro atoms. The van der Waals surface area contributed by atoms with Gasteiger partial charge < -0.3 is 5.32 Å². The molecule has 1 N–H and O–H groups in total. The zero-order valence-electron chi connectivity index (χ0n) is 9.85. The van der Waals surface area contributed by atoms with Crippen molar-refractivity contribution in [2.45, 2.75) is 19.0 Å². The summed E-state index contributed by atoms with van der Waals surface area (Å²) in [7, 11) is -2.99. The van der Waals surface area contributed by atoms with E-state index in [0.717, 1.165) is 19.1 Å². The number of carbonyl (C=O) groups is 1. The van der Waals surface area contributed by atoms with Gasteiger partial charge in [-0.15, -0.1) is 0 Å². The van der Waals surface area contributed by atoms with Crippen LogP contribution in [-0.4, -0.2) is 57.0 Å². The van der Waals surface area contributed by atoms with E-state index in [0.29, 0.717) is 6.54 Å². The van der Waals surface area contributed by atoms with Gasteiger partial charge in [-0.1, -0.05) is 0 Å². The highest BCUT2D eigenvalue weighted by molar-refractivity contribution is 7.90. The van der Waals surface area contributed by atoms with Gasteiger partial charge in [0.2, 0.25) is 5.91 Å². The molecule has 1 heterocycles. The molecule has 1 rings (SSSR count). The Balaban J connectivity index is 2.28. The predicted molar refractivity (Wildman–Crippen MR) is 63.9 cm³/mol. The number of rotatable bonds is 5. The first-order valence-electron chi connectivity index (χ1n) is 5.48. The van der Waals surface area contributed by atoms with Crippen LogP contribution >= 0.6 is 0 Å². The second-order valence-corrected chi connectivity index (χ2v) is 6.41. The highest BCUT2D eigenvalue weighted by atomic mass is 32.2. The van der Waals surface area contributed by atoms with Crippen LogP contribution in [0.4, 0.5) is 0 Å². The Bertz CT molecular complexity index is 413. The number of nitrogens with one attached hydrogen (secondary N) is 1. The Kier molecular flexibility index (Phi) is 4.90. The Labute approximate surface area is 102 Å². The first-order valence-corrected chi connectivity index (χ1v) is 7.54. The van der Waals surface area contributed by atoms with Gasteiger partial charge in [-0.2, -0.15) is 0 Å². The van der Waals surface area contributed by atoms with E-state index in [9.17, 15) is 13.2 Å². The number of hydrogen-bond donors (Lipinski definition) is 1. The van der Waals surface area contributed by atoms with Crippen molar-refractivity contribution in [2.24, 2.45) is 0 Å². The van der Waals surface area contributed by atoms with Crippen molar-refractivity contribution in [3.8, 4) is 0 Å². The van der Waals surface area contributed by atoms with Crippen molar-refractivity contribution in [2.75, 3.05) is 31.6 Å². The second kappa shape index (κ2) is 5.98. The molecule has 1 fully saturated rings. The van der Waals surface area contributed by atoms with Crippen LogP contribution in [0.2, 0.25) is 0 Å². The molecule has 0 aromatic heterocycles. The van der Waals surface area contributed by atoms with Crippen LogP contribution < -0.4 is 5.32 Å². The molecule has 0 saturated carbocycles. The molecule has 1 atom stereocenters. The Morgan fingerprint density at radius 2 is 2.29 bits per heavy atom. The Morgan fingerprint density at radius 1 is 1.59 bits per heavy atom. The van der Waals surface area contributed by atoms with Crippen molar-refractivity contribution in [1.82, 2.24) is 10.2 Å². The molecule has 0 aromatic carbocycles. The maximum Gasteiger partial charge on any atom is 0.300 e. The van der Waals surface area contributed by atoms with E-state index in [1.807, 2.05) is 0 Å². The van der Waals surface area contributed by atoms with Crippen molar-refractivity contribution in [3.05, 3.63) is 11.4 Å². The monoisotopic (exact) mass is 259 g/mol. The lowest BCUT2D eigenvalue weighted by Crippen LogP contribution is -2.40. The molecular formula is C10H17N3O3S. The summed E-state index contributed by atoms with van der Waals surface area (Å²) >= 11 is 0. The molecule has 0 aromatic rings. The summed E-state index contributed by atoms with van der Waals surface area (Å²) in [5, 5.41) is 2.79. The summed E-state index contributed by atoms with van der Waals surface area (Å²) in [5.41, 5.74) is 0. The third kappa shape index (κ3) is 4.71. The molecule has 1 aliphatic heterocycles. The van der Waals surface area contributed by atoms with Gasteiger partial charge >= 0.3 is 6.17 Å². The maximum atomic E-state index is 11.7. The number of amides is 1. The van der Waals surface area contributed by atoms with Gasteiger partial charge in [-0.3, -0.25) is 14.5 Å². The number of nitrogens with zero attached hydrogens (tertiary/aromatic N) is 2. The van der Waals surface area contributed by atoms with Crippen molar-refractivity contribution in [1.29, 1.82) is 0 Å². The summed E-state index contributed by atoms with van der Waals surface area (Å²) in [6.45, 7) is 7.94. The quantitative estimate of drug-likeness (QED) is 0.533. The van der Waals surface area contributed by atoms with Crippen LogP contribution in [0.15, 0.2) is 0 Å². The predicted octanol–water partition coefficient (Wildman–Crippen LogP) is -0.512. The first-order chi connectivity index (χ1) is 7.94. The van der Waals surface area contributed by atoms with Crippen LogP contribution in [-0.2, 0) is 14.6 Å². The van der Waals surface area contributed by atoms with E-state index in [1.54, 1.807) is 4.90 Å². The normalized spacial score (nSPS) is 20.2. The van der Waals surface area contributed by atoms with Crippen LogP contribution in [0.25, 0.3) is 4.85 Å². The zero-order valence-corrected chi connectivity index (χ0v) is 10.7. The molecule has 0 bridgehead atoms. The van der Waals surface area contributed by atoms with E-state index < -0.39 is 9.84 Å². The lowest BCUT2D eigenvalue weighted by atomic mass is 10.3. The smallest absolute Gasteiger partial charge is 0.300 e. The fraction of sp³-hybridized carbons (Fsp3) is 0.800. The van der Waals surface area contributed by atoms with Crippen molar-refractivity contribution < 1.29 is 13.2 Å². The average Bonchev–Trinajstić information content (AvgIpc) is 2.70. The number of sulfone groups is 1. The van der Waals surface area contributed by atoms with Gasteiger partial charge in [0.05, 0.1) is 12.3 Å². The summed E-state index contributed by atoms with van der Waals surface area (Å²) in [5.74, 6) is -0.107. The van der Waals surface area contributed by atoms with Gasteiger partial charge in [-0.25, -0.2) is 15.0 Å². The molecule has 0 radical (unpaired) electrons. The van der Waals surface area contributed by atoms with Crippen LogP contribution in [0.5, 0.6) is 0 Å². The topological polar surface area (TPSA) is 70.8 Å². The van der Waals surface area contributed by atoms with E-state index >= 15 is 0 Å². The molecule has 1 saturated heterocycles. The Morgan fingerprint density at radius 3 is 2.88 bits per heavy atom. The molecular weight excluding hydrogens is 242 g/mol. The summed E-state index contributed by atoms with van der Waals surface area (Å²) in [4.78, 5) is 16.7. The van der Waals surface area contributed by atoms with Gasteiger partial charge in [-0.05, 0) is 6.42 Å². The van der Waals surface area contributed by atoms with Gasteiger partial charge in [0.15, 0.2) is 0 Å². The van der Waals surface area contributed by atoms with Crippen LogP contribution in [0.1, 0.15) is 12.8 Å². The van der Waals surface area contributed by atoms with Crippen molar-refractivity contribution >= 4 is 15.7 Å². The molecule has 96 valence electrons. The molecule has 7 heteroatoms. The lowest BCUT2D eigenvalue weighted by Gasteiger charge is -2.16. The van der Waals surface area contributed by atoms with E-state index in [2.05, 4.69) is 10.2 Å². The third-order valence-corrected chi connectivity index (χ3v) is 3.56. The van der Waals surface area contributed by atoms with Gasteiger partial charge in [0, 0.05) is 25.8 Å². The fourth-order valence-corrected chi connectivity index (χ4v) is 2.24. The summed E-state index contributed by atoms with van der Waals surface area (Å²) in [6, 6.07) is 0. The van der Waals surface area contributed by atoms with Gasteiger partial charge in [0.25, 0.3) is 0 Å². The molecule has 6 nitrogen and oxygen atoms in total. The van der Waals surface area contributed by atoms with E-state index in [-0.39, 0.29) is 30.9 Å². The SMILES string of the molecule is [C-]#[N+][C@@H]1CCCN1C(=O)CNCCS(C)(=O)=O. The minimum atomic E-state index is -2.99. The third-order valence-electron chi connectivity index (χ3n) is 2.62. The number of carbonyl (C=O) groups excluding carboxylic acids is 1. The minimum Gasteiger partial charge on any atom is -0.307 e. The molecule has 0 unspecified atom stereocenters. The average molecular weight is 259 g/mol. The fourth-order valence-electron chi connectivity index (χ4n) is 1.73. The number of hydrogen-bond acceptors (Lipinski definition) is 4. The highest BCUT2D eigenvalue weighted by Crippen LogP contribution is 2.17. The maximum absolute atomic E-state index is 11.7. The van der Waals surface area contributed by atoms with Crippen LogP contribution in [0, 0.1) is 6.57 Å². The summed E-state index contributed by atoms with van der Waals surface area (Å²) in [6.07, 6.45) is 2.42. The molecule has 1 amide bonds. The molecule has 0 aliphatic carbocycles. The van der Waals surface area contributed by atoms with Gasteiger partial charge in [0.1, 0.15) is 9.84 Å². The number of likely N-dealkylation sites (tertiary alicyclic amines) is 1. The second-order valence-electron chi connectivity index (χ2n) is 4.15. The lowest BCUT2D eigenvalue weighted by molar-refractivity contribution is -0.130.